The van der Waals surface area contributed by atoms with Crippen LogP contribution in [0.3, 0.4) is 0 Å². The average Bonchev–Trinajstić information content (AvgIpc) is 3.95. The third-order valence-electron chi connectivity index (χ3n) is 10.3. The molecule has 54 heavy (non-hydrogen) atoms. The van der Waals surface area contributed by atoms with Gasteiger partial charge in [0.1, 0.15) is 16.2 Å². The van der Waals surface area contributed by atoms with Crippen molar-refractivity contribution in [3.63, 3.8) is 0 Å². The minimum atomic E-state index is 0.903. The first-order chi connectivity index (χ1) is 26.7. The Labute approximate surface area is 319 Å². The van der Waals surface area contributed by atoms with E-state index in [1.807, 2.05) is 23.5 Å². The number of thiophene rings is 1. The molecule has 0 aliphatic rings. The van der Waals surface area contributed by atoms with Gasteiger partial charge in [0.05, 0.1) is 10.2 Å². The van der Waals surface area contributed by atoms with E-state index in [0.717, 1.165) is 66.2 Å². The zero-order valence-electron chi connectivity index (χ0n) is 28.9. The number of thiazole rings is 1. The molecule has 0 aliphatic carbocycles. The van der Waals surface area contributed by atoms with Gasteiger partial charge in [-0.15, -0.1) is 22.7 Å². The molecular formula is C49H30N2OS2. The molecule has 11 aromatic rings. The highest BCUT2D eigenvalue weighted by Crippen LogP contribution is 2.46. The summed E-state index contributed by atoms with van der Waals surface area (Å²) in [7, 11) is 0. The van der Waals surface area contributed by atoms with E-state index in [2.05, 4.69) is 175 Å². The van der Waals surface area contributed by atoms with Crippen molar-refractivity contribution in [1.29, 1.82) is 0 Å². The minimum Gasteiger partial charge on any atom is -0.456 e. The summed E-state index contributed by atoms with van der Waals surface area (Å²) in [6, 6.07) is 64.9. The molecule has 3 aromatic heterocycles. The third-order valence-corrected chi connectivity index (χ3v) is 12.6. The van der Waals surface area contributed by atoms with E-state index in [9.17, 15) is 0 Å². The van der Waals surface area contributed by atoms with Gasteiger partial charge < -0.3 is 9.32 Å². The maximum atomic E-state index is 6.23. The Kier molecular flexibility index (Phi) is 7.22. The molecule has 0 amide bonds. The summed E-state index contributed by atoms with van der Waals surface area (Å²) < 4.78 is 10.0. The highest BCUT2D eigenvalue weighted by molar-refractivity contribution is 7.28. The molecule has 0 spiro atoms. The van der Waals surface area contributed by atoms with Crippen molar-refractivity contribution in [2.75, 3.05) is 4.90 Å². The molecule has 3 nitrogen and oxygen atoms in total. The van der Waals surface area contributed by atoms with E-state index in [1.165, 1.54) is 36.0 Å². The van der Waals surface area contributed by atoms with Crippen LogP contribution in [0.4, 0.5) is 17.1 Å². The molecular weight excluding hydrogens is 697 g/mol. The summed E-state index contributed by atoms with van der Waals surface area (Å²) in [5, 5.41) is 5.86. The molecule has 0 fully saturated rings. The van der Waals surface area contributed by atoms with E-state index >= 15 is 0 Å². The van der Waals surface area contributed by atoms with Gasteiger partial charge in [-0.1, -0.05) is 115 Å². The van der Waals surface area contributed by atoms with Crippen molar-refractivity contribution in [1.82, 2.24) is 4.98 Å². The van der Waals surface area contributed by atoms with Gasteiger partial charge in [-0.2, -0.15) is 0 Å². The normalized spacial score (nSPS) is 11.7. The molecule has 0 saturated carbocycles. The lowest BCUT2D eigenvalue weighted by molar-refractivity contribution is 0.669. The van der Waals surface area contributed by atoms with Crippen LogP contribution in [0.1, 0.15) is 0 Å². The minimum absolute atomic E-state index is 0.903. The van der Waals surface area contributed by atoms with Gasteiger partial charge >= 0.3 is 0 Å². The summed E-state index contributed by atoms with van der Waals surface area (Å²) in [4.78, 5) is 7.45. The Morgan fingerprint density at radius 2 is 1.06 bits per heavy atom. The number of para-hydroxylation sites is 1. The van der Waals surface area contributed by atoms with Crippen LogP contribution >= 0.6 is 22.7 Å². The number of anilines is 3. The molecule has 0 aliphatic heterocycles. The number of aromatic nitrogens is 1. The average molecular weight is 727 g/mol. The lowest BCUT2D eigenvalue weighted by Gasteiger charge is -2.26. The molecule has 5 heteroatoms. The Hall–Kier alpha value is -6.53. The van der Waals surface area contributed by atoms with Gasteiger partial charge in [-0.25, -0.2) is 4.98 Å². The van der Waals surface area contributed by atoms with Crippen molar-refractivity contribution in [3.8, 4) is 32.8 Å². The smallest absolute Gasteiger partial charge is 0.136 e. The van der Waals surface area contributed by atoms with Gasteiger partial charge in [0, 0.05) is 53.6 Å². The molecule has 3 heterocycles. The first-order valence-corrected chi connectivity index (χ1v) is 19.7. The van der Waals surface area contributed by atoms with Gasteiger partial charge in [0.25, 0.3) is 0 Å². The van der Waals surface area contributed by atoms with Crippen LogP contribution in [0.25, 0.3) is 85.2 Å². The fraction of sp³-hybridized carbons (Fsp3) is 0. The van der Waals surface area contributed by atoms with Crippen LogP contribution in [0.15, 0.2) is 186 Å². The van der Waals surface area contributed by atoms with E-state index < -0.39 is 0 Å². The van der Waals surface area contributed by atoms with E-state index in [-0.39, 0.29) is 0 Å². The summed E-state index contributed by atoms with van der Waals surface area (Å²) in [5.41, 5.74) is 12.0. The number of rotatable bonds is 6. The van der Waals surface area contributed by atoms with Crippen molar-refractivity contribution in [3.05, 3.63) is 182 Å². The quantitative estimate of drug-likeness (QED) is 0.171. The number of nitrogens with zero attached hydrogens (tertiary/aromatic N) is 2. The molecule has 11 rings (SSSR count). The van der Waals surface area contributed by atoms with Crippen molar-refractivity contribution in [2.45, 2.75) is 0 Å². The molecule has 0 saturated heterocycles. The monoisotopic (exact) mass is 726 g/mol. The molecule has 0 atom stereocenters. The maximum Gasteiger partial charge on any atom is 0.136 e. The van der Waals surface area contributed by atoms with Crippen molar-refractivity contribution >= 4 is 92.1 Å². The van der Waals surface area contributed by atoms with Crippen LogP contribution in [0.2, 0.25) is 0 Å². The number of furan rings is 1. The number of hydrogen-bond acceptors (Lipinski definition) is 5. The highest BCUT2D eigenvalue weighted by Gasteiger charge is 2.19. The number of fused-ring (bicyclic) bond motifs is 8. The zero-order valence-corrected chi connectivity index (χ0v) is 30.6. The fourth-order valence-corrected chi connectivity index (χ4v) is 10.1. The lowest BCUT2D eigenvalue weighted by Crippen LogP contribution is -2.09. The van der Waals surface area contributed by atoms with E-state index in [1.54, 1.807) is 11.3 Å². The van der Waals surface area contributed by atoms with Gasteiger partial charge in [-0.3, -0.25) is 0 Å². The second-order valence-corrected chi connectivity index (χ2v) is 15.6. The zero-order chi connectivity index (χ0) is 35.6. The first-order valence-electron chi connectivity index (χ1n) is 18.0. The molecule has 254 valence electrons. The largest absolute Gasteiger partial charge is 0.456 e. The molecule has 0 radical (unpaired) electrons. The van der Waals surface area contributed by atoms with Crippen molar-refractivity contribution < 1.29 is 4.42 Å². The van der Waals surface area contributed by atoms with Gasteiger partial charge in [0.2, 0.25) is 0 Å². The van der Waals surface area contributed by atoms with Crippen LogP contribution < -0.4 is 4.90 Å². The Morgan fingerprint density at radius 1 is 0.426 bits per heavy atom. The van der Waals surface area contributed by atoms with Crippen LogP contribution in [-0.4, -0.2) is 4.98 Å². The highest BCUT2D eigenvalue weighted by atomic mass is 32.1. The van der Waals surface area contributed by atoms with Crippen LogP contribution in [0, 0.1) is 0 Å². The topological polar surface area (TPSA) is 29.3 Å². The van der Waals surface area contributed by atoms with E-state index in [4.69, 9.17) is 9.40 Å². The Balaban J connectivity index is 1.07. The van der Waals surface area contributed by atoms with Crippen LogP contribution in [-0.2, 0) is 0 Å². The van der Waals surface area contributed by atoms with E-state index in [0.29, 0.717) is 0 Å². The van der Waals surface area contributed by atoms with Gasteiger partial charge in [-0.05, 0) is 89.0 Å². The first kappa shape index (κ1) is 31.0. The summed E-state index contributed by atoms with van der Waals surface area (Å²) in [6.07, 6.45) is 0. The Bertz CT molecular complexity index is 3140. The SMILES string of the molecule is c1ccc(-c2ccc(N(c3ccc(-c4cccc5oc6ccccc6c45)cc3)c3ccc4sc5ccc6nc(-c7ccccc7)sc6c5c4c3)cc2)cc1. The summed E-state index contributed by atoms with van der Waals surface area (Å²) in [6.45, 7) is 0. The number of hydrogen-bond donors (Lipinski definition) is 0. The second-order valence-electron chi connectivity index (χ2n) is 13.5. The predicted octanol–water partition coefficient (Wildman–Crippen LogP) is 15.0. The molecule has 0 N–H and O–H groups in total. The van der Waals surface area contributed by atoms with Crippen molar-refractivity contribution in [2.24, 2.45) is 0 Å². The Morgan fingerprint density at radius 3 is 1.83 bits per heavy atom. The standard InChI is InChI=1S/C49H30N2OS2/c1-3-10-31(11-4-1)32-18-22-35(23-19-32)51(36-24-20-33(21-25-36)38-15-9-17-43-46(38)39-14-7-8-16-42(39)52-43)37-26-28-44-40(30-37)47-45(53-44)29-27-41-48(47)54-49(50-41)34-12-5-2-6-13-34/h1-30H. The van der Waals surface area contributed by atoms with Crippen LogP contribution in [0.5, 0.6) is 0 Å². The molecule has 8 aromatic carbocycles. The maximum absolute atomic E-state index is 6.23. The third kappa shape index (κ3) is 5.12. The van der Waals surface area contributed by atoms with Gasteiger partial charge in [0.15, 0.2) is 0 Å². The fourth-order valence-electron chi connectivity index (χ4n) is 7.76. The molecule has 0 unspecified atom stereocenters. The number of benzene rings is 8. The second kappa shape index (κ2) is 12.6. The summed E-state index contributed by atoms with van der Waals surface area (Å²) in [5.74, 6) is 0. The molecule has 0 bridgehead atoms. The lowest BCUT2D eigenvalue weighted by atomic mass is 9.99. The predicted molar refractivity (Wildman–Crippen MR) is 231 cm³/mol. The summed E-state index contributed by atoms with van der Waals surface area (Å²) >= 11 is 3.63.